The molecule has 7 nitrogen and oxygen atoms in total. The van der Waals surface area contributed by atoms with E-state index < -0.39 is 11.8 Å². The second kappa shape index (κ2) is 6.82. The Morgan fingerprint density at radius 2 is 1.29 bits per heavy atom. The van der Waals surface area contributed by atoms with E-state index in [2.05, 4.69) is 10.6 Å². The van der Waals surface area contributed by atoms with Crippen LogP contribution in [0, 0.1) is 0 Å². The van der Waals surface area contributed by atoms with Crippen LogP contribution in [0.25, 0.3) is 0 Å². The molecule has 0 spiro atoms. The topological polar surface area (TPSA) is 116 Å². The molecule has 2 aromatic carbocycles. The van der Waals surface area contributed by atoms with Gasteiger partial charge in [-0.3, -0.25) is 14.4 Å². The first-order valence-corrected chi connectivity index (χ1v) is 7.04. The third-order valence-electron chi connectivity index (χ3n) is 3.23. The van der Waals surface area contributed by atoms with E-state index in [1.54, 1.807) is 0 Å². The van der Waals surface area contributed by atoms with E-state index in [1.165, 1.54) is 44.2 Å². The minimum absolute atomic E-state index is 0.0252. The molecule has 0 heterocycles. The molecule has 0 bridgehead atoms. The number of phenolic OH excluding ortho intramolecular Hbond substituents is 2. The number of nitrogens with one attached hydrogen (secondary N) is 2. The third kappa shape index (κ3) is 3.89. The number of benzene rings is 2. The van der Waals surface area contributed by atoms with Gasteiger partial charge in [-0.15, -0.1) is 0 Å². The first kappa shape index (κ1) is 17.0. The molecule has 7 heteroatoms. The lowest BCUT2D eigenvalue weighted by atomic mass is 10.1. The molecule has 2 amide bonds. The van der Waals surface area contributed by atoms with Gasteiger partial charge in [0, 0.05) is 24.1 Å². The highest BCUT2D eigenvalue weighted by Crippen LogP contribution is 2.35. The second-order valence-electron chi connectivity index (χ2n) is 5.16. The van der Waals surface area contributed by atoms with Gasteiger partial charge in [-0.05, 0) is 25.1 Å². The van der Waals surface area contributed by atoms with Crippen LogP contribution < -0.4 is 10.6 Å². The Morgan fingerprint density at radius 1 is 0.792 bits per heavy atom. The van der Waals surface area contributed by atoms with Crippen molar-refractivity contribution in [3.05, 3.63) is 47.5 Å². The predicted molar refractivity (Wildman–Crippen MR) is 88.5 cm³/mol. The minimum atomic E-state index is -0.514. The monoisotopic (exact) mass is 328 g/mol. The van der Waals surface area contributed by atoms with Crippen molar-refractivity contribution in [1.82, 2.24) is 0 Å². The Bertz CT molecular complexity index is 812. The van der Waals surface area contributed by atoms with Crippen molar-refractivity contribution in [1.29, 1.82) is 0 Å². The van der Waals surface area contributed by atoms with E-state index in [0.717, 1.165) is 6.07 Å². The van der Waals surface area contributed by atoms with Gasteiger partial charge >= 0.3 is 0 Å². The van der Waals surface area contributed by atoms with Gasteiger partial charge in [0.2, 0.25) is 5.91 Å². The highest BCUT2D eigenvalue weighted by atomic mass is 16.3. The van der Waals surface area contributed by atoms with Crippen molar-refractivity contribution >= 4 is 29.0 Å². The van der Waals surface area contributed by atoms with Crippen LogP contribution in [0.1, 0.15) is 34.6 Å². The lowest BCUT2D eigenvalue weighted by Gasteiger charge is -2.12. The summed E-state index contributed by atoms with van der Waals surface area (Å²) in [5.74, 6) is -1.71. The quantitative estimate of drug-likeness (QED) is 0.391. The number of amides is 2. The number of anilines is 2. The Kier molecular flexibility index (Phi) is 4.84. The fourth-order valence-corrected chi connectivity index (χ4v) is 2.02. The molecule has 0 saturated heterocycles. The molecule has 0 aliphatic carbocycles. The van der Waals surface area contributed by atoms with Gasteiger partial charge in [-0.1, -0.05) is 12.1 Å². The first-order chi connectivity index (χ1) is 11.3. The zero-order chi connectivity index (χ0) is 17.9. The van der Waals surface area contributed by atoms with Crippen LogP contribution in [0.15, 0.2) is 36.4 Å². The summed E-state index contributed by atoms with van der Waals surface area (Å²) in [6.07, 6.45) is 0. The molecule has 0 saturated carbocycles. The first-order valence-electron chi connectivity index (χ1n) is 7.04. The number of hydrogen-bond acceptors (Lipinski definition) is 5. The Morgan fingerprint density at radius 3 is 1.79 bits per heavy atom. The number of phenols is 2. The van der Waals surface area contributed by atoms with Crippen LogP contribution in [0.5, 0.6) is 11.5 Å². The maximum Gasteiger partial charge on any atom is 0.255 e. The van der Waals surface area contributed by atoms with Gasteiger partial charge in [-0.2, -0.15) is 0 Å². The lowest BCUT2D eigenvalue weighted by Crippen LogP contribution is -2.13. The van der Waals surface area contributed by atoms with Crippen LogP contribution in [0.3, 0.4) is 0 Å². The maximum atomic E-state index is 12.2. The Labute approximate surface area is 137 Å². The summed E-state index contributed by atoms with van der Waals surface area (Å²) in [6, 6.07) is 8.28. The molecule has 24 heavy (non-hydrogen) atoms. The number of carbonyl (C=O) groups is 3. The Hall–Kier alpha value is -3.35. The van der Waals surface area contributed by atoms with Crippen molar-refractivity contribution < 1.29 is 24.6 Å². The molecule has 0 radical (unpaired) electrons. The van der Waals surface area contributed by atoms with Gasteiger partial charge < -0.3 is 20.8 Å². The van der Waals surface area contributed by atoms with Gasteiger partial charge in [0.25, 0.3) is 5.91 Å². The summed E-state index contributed by atoms with van der Waals surface area (Å²) < 4.78 is 0. The van der Waals surface area contributed by atoms with Gasteiger partial charge in [-0.25, -0.2) is 0 Å². The summed E-state index contributed by atoms with van der Waals surface area (Å²) in [7, 11) is 0. The summed E-state index contributed by atoms with van der Waals surface area (Å²) in [5, 5.41) is 24.4. The molecule has 2 aromatic rings. The molecule has 2 rings (SSSR count). The van der Waals surface area contributed by atoms with Crippen LogP contribution in [0.4, 0.5) is 11.4 Å². The maximum absolute atomic E-state index is 12.2. The van der Waals surface area contributed by atoms with E-state index in [1.807, 2.05) is 0 Å². The molecular weight excluding hydrogens is 312 g/mol. The lowest BCUT2D eigenvalue weighted by molar-refractivity contribution is -0.114. The summed E-state index contributed by atoms with van der Waals surface area (Å²) in [5.41, 5.74) is 0.847. The van der Waals surface area contributed by atoms with Crippen LogP contribution in [-0.4, -0.2) is 27.8 Å². The second-order valence-corrected chi connectivity index (χ2v) is 5.16. The summed E-state index contributed by atoms with van der Waals surface area (Å²) >= 11 is 0. The summed E-state index contributed by atoms with van der Waals surface area (Å²) in [6.45, 7) is 2.69. The number of Topliss-reactive ketones (excluding diaryl/α,β-unsaturated/α-hetero) is 1. The zero-order valence-corrected chi connectivity index (χ0v) is 13.1. The molecule has 124 valence electrons. The third-order valence-corrected chi connectivity index (χ3v) is 3.23. The van der Waals surface area contributed by atoms with Gasteiger partial charge in [0.05, 0.1) is 11.4 Å². The Balaban J connectivity index is 2.24. The number of hydrogen-bond donors (Lipinski definition) is 4. The average molecular weight is 328 g/mol. The molecule has 0 aliphatic rings. The molecule has 0 aliphatic heterocycles. The van der Waals surface area contributed by atoms with Crippen molar-refractivity contribution in [2.45, 2.75) is 13.8 Å². The fourth-order valence-electron chi connectivity index (χ4n) is 2.02. The van der Waals surface area contributed by atoms with Gasteiger partial charge in [0.1, 0.15) is 11.5 Å². The number of rotatable bonds is 4. The van der Waals surface area contributed by atoms with E-state index in [4.69, 9.17) is 0 Å². The van der Waals surface area contributed by atoms with E-state index in [0.29, 0.717) is 5.56 Å². The van der Waals surface area contributed by atoms with Crippen LogP contribution in [-0.2, 0) is 4.79 Å². The van der Waals surface area contributed by atoms with Crippen molar-refractivity contribution in [2.24, 2.45) is 0 Å². The highest BCUT2D eigenvalue weighted by molar-refractivity contribution is 6.06. The number of ketones is 1. The van der Waals surface area contributed by atoms with Crippen molar-refractivity contribution in [3.8, 4) is 11.5 Å². The molecule has 0 unspecified atom stereocenters. The molecule has 4 N–H and O–H groups in total. The van der Waals surface area contributed by atoms with E-state index in [9.17, 15) is 24.6 Å². The standard InChI is InChI=1S/C17H16N2O5/c1-9(20)11-3-5-12(6-4-11)17(24)19-14-7-13(18-10(2)21)15(22)8-16(14)23/h3-8,22-23H,1-2H3,(H,18,21)(H,19,24). The molecular formula is C17H16N2O5. The molecule has 0 fully saturated rings. The zero-order valence-electron chi connectivity index (χ0n) is 13.1. The number of aromatic hydroxyl groups is 2. The minimum Gasteiger partial charge on any atom is -0.506 e. The normalized spacial score (nSPS) is 10.1. The average Bonchev–Trinajstić information content (AvgIpc) is 2.51. The van der Waals surface area contributed by atoms with Crippen LogP contribution >= 0.6 is 0 Å². The van der Waals surface area contributed by atoms with Crippen LogP contribution in [0.2, 0.25) is 0 Å². The largest absolute Gasteiger partial charge is 0.506 e. The smallest absolute Gasteiger partial charge is 0.255 e. The van der Waals surface area contributed by atoms with Gasteiger partial charge in [0.15, 0.2) is 5.78 Å². The predicted octanol–water partition coefficient (Wildman–Crippen LogP) is 2.51. The van der Waals surface area contributed by atoms with E-state index >= 15 is 0 Å². The summed E-state index contributed by atoms with van der Waals surface area (Å²) in [4.78, 5) is 34.5. The van der Waals surface area contributed by atoms with Crippen molar-refractivity contribution in [3.63, 3.8) is 0 Å². The fraction of sp³-hybridized carbons (Fsp3) is 0.118. The molecule has 0 atom stereocenters. The SMILES string of the molecule is CC(=O)Nc1cc(NC(=O)c2ccc(C(C)=O)cc2)c(O)cc1O. The number of carbonyl (C=O) groups excluding carboxylic acids is 3. The highest BCUT2D eigenvalue weighted by Gasteiger charge is 2.13. The van der Waals surface area contributed by atoms with E-state index in [-0.39, 0.29) is 34.2 Å². The van der Waals surface area contributed by atoms with Crippen molar-refractivity contribution in [2.75, 3.05) is 10.6 Å². The molecule has 0 aromatic heterocycles.